The molecule has 0 N–H and O–H groups in total. The van der Waals surface area contributed by atoms with Crippen molar-refractivity contribution in [3.8, 4) is 0 Å². The predicted molar refractivity (Wildman–Crippen MR) is 33.8 cm³/mol. The molecule has 0 bridgehead atoms. The Morgan fingerprint density at radius 3 is 2.12 bits per heavy atom. The smallest absolute Gasteiger partial charge is 0.185 e. The van der Waals surface area contributed by atoms with E-state index in [2.05, 4.69) is 6.92 Å². The van der Waals surface area contributed by atoms with E-state index in [4.69, 9.17) is 0 Å². The maximum atomic E-state index is 10.5. The number of hydrogen-bond acceptors (Lipinski definition) is 1. The molecule has 0 saturated carbocycles. The minimum absolute atomic E-state index is 0.312. The molecule has 0 unspecified atom stereocenters. The Morgan fingerprint density at radius 2 is 2.00 bits per heavy atom. The van der Waals surface area contributed by atoms with Gasteiger partial charge in [-0.3, -0.25) is 4.79 Å². The zero-order valence-corrected chi connectivity index (χ0v) is 5.32. The van der Waals surface area contributed by atoms with E-state index in [1.165, 1.54) is 0 Å². The van der Waals surface area contributed by atoms with Gasteiger partial charge in [0.25, 0.3) is 0 Å². The van der Waals surface area contributed by atoms with Gasteiger partial charge < -0.3 is 0 Å². The summed E-state index contributed by atoms with van der Waals surface area (Å²) in [6, 6.07) is 0. The molecule has 0 atom stereocenters. The fraction of sp³-hybridized carbons (Fsp3) is 0.571. The lowest BCUT2D eigenvalue weighted by atomic mass is 10.3. The summed E-state index contributed by atoms with van der Waals surface area (Å²) in [4.78, 5) is 10.5. The third-order valence-corrected chi connectivity index (χ3v) is 1.50. The van der Waals surface area contributed by atoms with Gasteiger partial charge in [0, 0.05) is 11.1 Å². The zero-order chi connectivity index (χ0) is 6.15. The van der Waals surface area contributed by atoms with Gasteiger partial charge in [-0.05, 0) is 13.3 Å². The van der Waals surface area contributed by atoms with Crippen LogP contribution in [0.5, 0.6) is 0 Å². The van der Waals surface area contributed by atoms with Crippen molar-refractivity contribution in [1.82, 2.24) is 0 Å². The topological polar surface area (TPSA) is 17.1 Å². The predicted octanol–water partition coefficient (Wildman–Crippen LogP) is 1.18. The zero-order valence-electron chi connectivity index (χ0n) is 5.32. The molecule has 1 aromatic rings. The van der Waals surface area contributed by atoms with Gasteiger partial charge in [0.1, 0.15) is 0 Å². The molecule has 0 aliphatic carbocycles. The molecule has 0 aromatic heterocycles. The first-order valence-corrected chi connectivity index (χ1v) is 3.01. The molecule has 0 heterocycles. The van der Waals surface area contributed by atoms with Crippen LogP contribution in [-0.2, 0) is 6.42 Å². The molecule has 1 heteroatoms. The Balaban J connectivity index is 2.54. The first-order valence-electron chi connectivity index (χ1n) is 3.01. The normalized spacial score (nSPS) is 10.8. The van der Waals surface area contributed by atoms with E-state index >= 15 is 0 Å². The van der Waals surface area contributed by atoms with Crippen molar-refractivity contribution >= 4 is 0 Å². The largest absolute Gasteiger partial charge is 0.289 e. The van der Waals surface area contributed by atoms with Crippen LogP contribution in [0, 0.1) is 6.92 Å². The van der Waals surface area contributed by atoms with E-state index in [9.17, 15) is 4.79 Å². The minimum atomic E-state index is 0.312. The van der Waals surface area contributed by atoms with E-state index in [1.807, 2.05) is 6.92 Å². The average molecular weight is 110 g/mol. The monoisotopic (exact) mass is 110 g/mol. The fourth-order valence-electron chi connectivity index (χ4n) is 0.859. The highest BCUT2D eigenvalue weighted by Crippen LogP contribution is 2.07. The minimum Gasteiger partial charge on any atom is -0.289 e. The third kappa shape index (κ3) is 0.683. The van der Waals surface area contributed by atoms with Crippen LogP contribution in [0.1, 0.15) is 24.5 Å². The quantitative estimate of drug-likeness (QED) is 0.558. The van der Waals surface area contributed by atoms with Crippen LogP contribution in [0.3, 0.4) is 0 Å². The van der Waals surface area contributed by atoms with Gasteiger partial charge in [-0.25, -0.2) is 0 Å². The van der Waals surface area contributed by atoms with Crippen molar-refractivity contribution in [2.24, 2.45) is 0 Å². The molecule has 0 aliphatic heterocycles. The van der Waals surface area contributed by atoms with Crippen LogP contribution in [0.25, 0.3) is 0 Å². The summed E-state index contributed by atoms with van der Waals surface area (Å²) in [6.07, 6.45) is 2.09. The molecular formula is C7H10O. The summed E-state index contributed by atoms with van der Waals surface area (Å²) >= 11 is 0. The van der Waals surface area contributed by atoms with E-state index in [1.54, 1.807) is 0 Å². The van der Waals surface area contributed by atoms with E-state index in [-0.39, 0.29) is 0 Å². The Morgan fingerprint density at radius 1 is 1.50 bits per heavy atom. The second-order valence-electron chi connectivity index (χ2n) is 2.18. The highest BCUT2D eigenvalue weighted by Gasteiger charge is 2.14. The first-order chi connectivity index (χ1) is 3.77. The van der Waals surface area contributed by atoms with Crippen molar-refractivity contribution in [3.63, 3.8) is 0 Å². The molecule has 0 amide bonds. The Bertz CT molecular complexity index is 192. The van der Waals surface area contributed by atoms with Crippen molar-refractivity contribution in [3.05, 3.63) is 21.4 Å². The third-order valence-electron chi connectivity index (χ3n) is 1.50. The first kappa shape index (κ1) is 5.54. The molecule has 0 spiro atoms. The maximum Gasteiger partial charge on any atom is 0.185 e. The molecule has 0 radical (unpaired) electrons. The number of rotatable bonds is 2. The summed E-state index contributed by atoms with van der Waals surface area (Å²) in [5.74, 6) is 0. The fourth-order valence-corrected chi connectivity index (χ4v) is 0.859. The highest BCUT2D eigenvalue weighted by atomic mass is 16.1. The molecule has 0 saturated heterocycles. The highest BCUT2D eigenvalue weighted by molar-refractivity contribution is 5.37. The van der Waals surface area contributed by atoms with Crippen molar-refractivity contribution < 1.29 is 0 Å². The van der Waals surface area contributed by atoms with Crippen molar-refractivity contribution in [2.75, 3.05) is 0 Å². The Labute approximate surface area is 49.0 Å². The molecule has 1 nitrogen and oxygen atoms in total. The van der Waals surface area contributed by atoms with Gasteiger partial charge in [0.05, 0.1) is 0 Å². The van der Waals surface area contributed by atoms with Crippen LogP contribution >= 0.6 is 0 Å². The lowest BCUT2D eigenvalue weighted by molar-refractivity contribution is 0.936. The molecular weight excluding hydrogens is 100 g/mol. The Kier molecular flexibility index (Phi) is 1.20. The summed E-state index contributed by atoms with van der Waals surface area (Å²) in [5.41, 5.74) is 2.39. The van der Waals surface area contributed by atoms with E-state index < -0.39 is 0 Å². The maximum absolute atomic E-state index is 10.5. The Hall–Kier alpha value is -0.590. The molecule has 0 fully saturated rings. The molecule has 0 aliphatic rings. The van der Waals surface area contributed by atoms with Gasteiger partial charge in [-0.1, -0.05) is 13.3 Å². The van der Waals surface area contributed by atoms with Crippen LogP contribution in [-0.4, -0.2) is 0 Å². The summed E-state index contributed by atoms with van der Waals surface area (Å²) < 4.78 is 0. The van der Waals surface area contributed by atoms with Gasteiger partial charge >= 0.3 is 0 Å². The standard InChI is InChI=1S/C7H10O/c1-3-4-6-5(2)7(6)8/h3-4H2,1-2H3. The summed E-state index contributed by atoms with van der Waals surface area (Å²) in [7, 11) is 0. The van der Waals surface area contributed by atoms with Crippen molar-refractivity contribution in [2.45, 2.75) is 26.7 Å². The van der Waals surface area contributed by atoms with Gasteiger partial charge in [0.2, 0.25) is 0 Å². The molecule has 8 heavy (non-hydrogen) atoms. The second-order valence-corrected chi connectivity index (χ2v) is 2.18. The van der Waals surface area contributed by atoms with Crippen LogP contribution < -0.4 is 5.43 Å². The summed E-state index contributed by atoms with van der Waals surface area (Å²) in [5, 5.41) is 0. The van der Waals surface area contributed by atoms with Crippen LogP contribution in [0.15, 0.2) is 4.79 Å². The van der Waals surface area contributed by atoms with E-state index in [0.29, 0.717) is 5.43 Å². The van der Waals surface area contributed by atoms with Gasteiger partial charge in [-0.15, -0.1) is 0 Å². The number of hydrogen-bond donors (Lipinski definition) is 0. The van der Waals surface area contributed by atoms with Gasteiger partial charge in [-0.2, -0.15) is 0 Å². The second kappa shape index (κ2) is 1.73. The van der Waals surface area contributed by atoms with Gasteiger partial charge in [0.15, 0.2) is 5.43 Å². The van der Waals surface area contributed by atoms with Crippen LogP contribution in [0.4, 0.5) is 0 Å². The van der Waals surface area contributed by atoms with Crippen LogP contribution in [0.2, 0.25) is 0 Å². The lowest BCUT2D eigenvalue weighted by Gasteiger charge is -1.77. The molecule has 1 aromatic carbocycles. The van der Waals surface area contributed by atoms with Crippen molar-refractivity contribution in [1.29, 1.82) is 0 Å². The summed E-state index contributed by atoms with van der Waals surface area (Å²) in [6.45, 7) is 3.99. The molecule has 1 rings (SSSR count). The molecule has 44 valence electrons. The SMILES string of the molecule is CCCc1c(C)c1=O. The average Bonchev–Trinajstić information content (AvgIpc) is 2.25. The lowest BCUT2D eigenvalue weighted by Crippen LogP contribution is -1.79. The van der Waals surface area contributed by atoms with E-state index in [0.717, 1.165) is 24.0 Å².